The number of nitrogens with zero attached hydrogens (tertiary/aromatic N) is 2. The van der Waals surface area contributed by atoms with Crippen molar-refractivity contribution < 1.29 is 14.5 Å². The number of nitrogens with one attached hydrogen (secondary N) is 1. The molecule has 0 aliphatic heterocycles. The van der Waals surface area contributed by atoms with Crippen molar-refractivity contribution in [1.82, 2.24) is 5.43 Å². The number of nitro groups is 1. The summed E-state index contributed by atoms with van der Waals surface area (Å²) in [5.41, 5.74) is 3.28. The van der Waals surface area contributed by atoms with E-state index in [0.717, 1.165) is 0 Å². The third kappa shape index (κ3) is 5.17. The predicted molar refractivity (Wildman–Crippen MR) is 95.5 cm³/mol. The van der Waals surface area contributed by atoms with Gasteiger partial charge in [-0.05, 0) is 24.6 Å². The molecule has 1 N–H and O–H groups in total. The Bertz CT molecular complexity index is 840. The Balaban J connectivity index is 1.94. The van der Waals surface area contributed by atoms with Gasteiger partial charge in [-0.2, -0.15) is 5.10 Å². The van der Waals surface area contributed by atoms with Crippen LogP contribution in [0.1, 0.15) is 11.1 Å². The molecule has 0 spiro atoms. The van der Waals surface area contributed by atoms with E-state index in [9.17, 15) is 14.9 Å². The maximum atomic E-state index is 11.7. The smallest absolute Gasteiger partial charge is 0.311 e. The Hall–Kier alpha value is -2.64. The fourth-order valence-electron chi connectivity index (χ4n) is 1.86. The number of hydrogen-bond donors (Lipinski definition) is 1. The van der Waals surface area contributed by atoms with Crippen molar-refractivity contribution in [2.24, 2.45) is 5.10 Å². The minimum atomic E-state index is -0.579. The van der Waals surface area contributed by atoms with E-state index in [1.807, 2.05) is 0 Å². The summed E-state index contributed by atoms with van der Waals surface area (Å²) in [6, 6.07) is 9.46. The average molecular weight is 382 g/mol. The van der Waals surface area contributed by atoms with Crippen LogP contribution in [-0.4, -0.2) is 23.7 Å². The molecule has 2 aromatic rings. The Labute approximate surface area is 153 Å². The lowest BCUT2D eigenvalue weighted by atomic mass is 10.2. The van der Waals surface area contributed by atoms with Crippen LogP contribution in [0.2, 0.25) is 10.0 Å². The molecule has 0 fully saturated rings. The molecule has 2 rings (SSSR count). The Morgan fingerprint density at radius 2 is 2.12 bits per heavy atom. The van der Waals surface area contributed by atoms with Crippen molar-refractivity contribution in [2.75, 3.05) is 6.61 Å². The van der Waals surface area contributed by atoms with Crippen molar-refractivity contribution in [2.45, 2.75) is 6.92 Å². The van der Waals surface area contributed by atoms with Gasteiger partial charge in [-0.1, -0.05) is 41.4 Å². The van der Waals surface area contributed by atoms with Crippen LogP contribution >= 0.6 is 23.2 Å². The van der Waals surface area contributed by atoms with E-state index in [4.69, 9.17) is 27.9 Å². The predicted octanol–water partition coefficient (Wildman–Crippen LogP) is 3.74. The number of aryl methyl sites for hydroxylation is 1. The van der Waals surface area contributed by atoms with Gasteiger partial charge in [-0.3, -0.25) is 14.9 Å². The van der Waals surface area contributed by atoms with E-state index in [0.29, 0.717) is 21.2 Å². The Morgan fingerprint density at radius 1 is 1.36 bits per heavy atom. The molecule has 0 bridgehead atoms. The molecule has 9 heteroatoms. The van der Waals surface area contributed by atoms with Crippen molar-refractivity contribution in [3.8, 4) is 5.75 Å². The summed E-state index contributed by atoms with van der Waals surface area (Å²) in [4.78, 5) is 22.1. The van der Waals surface area contributed by atoms with Gasteiger partial charge in [0.25, 0.3) is 5.91 Å². The van der Waals surface area contributed by atoms with E-state index in [-0.39, 0.29) is 11.4 Å². The van der Waals surface area contributed by atoms with E-state index < -0.39 is 17.4 Å². The summed E-state index contributed by atoms with van der Waals surface area (Å²) in [6.07, 6.45) is 1.33. The van der Waals surface area contributed by atoms with Crippen LogP contribution < -0.4 is 10.2 Å². The lowest BCUT2D eigenvalue weighted by Crippen LogP contribution is -2.24. The third-order valence-corrected chi connectivity index (χ3v) is 3.88. The number of carbonyl (C=O) groups is 1. The third-order valence-electron chi connectivity index (χ3n) is 3.04. The number of halogens is 2. The highest BCUT2D eigenvalue weighted by atomic mass is 35.5. The standard InChI is InChI=1S/C16H13Cl2N3O4/c1-10-5-6-14(13(7-10)21(23)24)25-9-15(22)20-19-8-11-3-2-4-12(17)16(11)18/h2-8H,9H2,1H3,(H,20,22). The Kier molecular flexibility index (Phi) is 6.32. The summed E-state index contributed by atoms with van der Waals surface area (Å²) in [5.74, 6) is -0.572. The maximum absolute atomic E-state index is 11.7. The first kappa shape index (κ1) is 18.7. The zero-order valence-corrected chi connectivity index (χ0v) is 14.5. The Morgan fingerprint density at radius 3 is 2.84 bits per heavy atom. The van der Waals surface area contributed by atoms with Crippen molar-refractivity contribution in [3.05, 3.63) is 67.7 Å². The average Bonchev–Trinajstić information content (AvgIpc) is 2.57. The van der Waals surface area contributed by atoms with Crippen LogP contribution in [-0.2, 0) is 4.79 Å². The second-order valence-corrected chi connectivity index (χ2v) is 5.74. The summed E-state index contributed by atoms with van der Waals surface area (Å²) in [5, 5.41) is 15.4. The van der Waals surface area contributed by atoms with Gasteiger partial charge in [0.15, 0.2) is 12.4 Å². The molecule has 0 saturated carbocycles. The van der Waals surface area contributed by atoms with E-state index in [1.165, 1.54) is 18.3 Å². The molecule has 0 unspecified atom stereocenters. The number of ether oxygens (including phenoxy) is 1. The van der Waals surface area contributed by atoms with Gasteiger partial charge in [0, 0.05) is 11.6 Å². The molecule has 0 atom stereocenters. The lowest BCUT2D eigenvalue weighted by molar-refractivity contribution is -0.385. The monoisotopic (exact) mass is 381 g/mol. The van der Waals surface area contributed by atoms with Gasteiger partial charge in [0.05, 0.1) is 21.2 Å². The highest BCUT2D eigenvalue weighted by Gasteiger charge is 2.16. The van der Waals surface area contributed by atoms with Crippen LogP contribution in [0.5, 0.6) is 5.75 Å². The number of hydrazone groups is 1. The molecule has 2 aromatic carbocycles. The van der Waals surface area contributed by atoms with Crippen LogP contribution in [0.15, 0.2) is 41.5 Å². The molecule has 1 amide bonds. The molecular weight excluding hydrogens is 369 g/mol. The van der Waals surface area contributed by atoms with Gasteiger partial charge in [-0.25, -0.2) is 5.43 Å². The molecular formula is C16H13Cl2N3O4. The van der Waals surface area contributed by atoms with Gasteiger partial charge in [0.2, 0.25) is 0 Å². The molecule has 130 valence electrons. The first-order chi connectivity index (χ1) is 11.9. The van der Waals surface area contributed by atoms with Crippen molar-refractivity contribution >= 4 is 41.0 Å². The first-order valence-electron chi connectivity index (χ1n) is 7.02. The molecule has 0 aliphatic carbocycles. The van der Waals surface area contributed by atoms with Crippen LogP contribution in [0.4, 0.5) is 5.69 Å². The summed E-state index contributed by atoms with van der Waals surface area (Å²) >= 11 is 11.9. The molecule has 0 heterocycles. The second-order valence-electron chi connectivity index (χ2n) is 4.95. The number of carbonyl (C=O) groups excluding carboxylic acids is 1. The van der Waals surface area contributed by atoms with Crippen LogP contribution in [0, 0.1) is 17.0 Å². The van der Waals surface area contributed by atoms with Gasteiger partial charge < -0.3 is 4.74 Å². The zero-order valence-electron chi connectivity index (χ0n) is 13.0. The highest BCUT2D eigenvalue weighted by Crippen LogP contribution is 2.27. The second kappa shape index (κ2) is 8.46. The fraction of sp³-hybridized carbons (Fsp3) is 0.125. The highest BCUT2D eigenvalue weighted by molar-refractivity contribution is 6.43. The lowest BCUT2D eigenvalue weighted by Gasteiger charge is -2.06. The largest absolute Gasteiger partial charge is 0.477 e. The van der Waals surface area contributed by atoms with Crippen molar-refractivity contribution in [1.29, 1.82) is 0 Å². The molecule has 0 saturated heterocycles. The minimum absolute atomic E-state index is 0.00705. The summed E-state index contributed by atoms with van der Waals surface area (Å²) < 4.78 is 5.19. The summed E-state index contributed by atoms with van der Waals surface area (Å²) in [7, 11) is 0. The normalized spacial score (nSPS) is 10.7. The quantitative estimate of drug-likeness (QED) is 0.468. The SMILES string of the molecule is Cc1ccc(OCC(=O)NN=Cc2cccc(Cl)c2Cl)c([N+](=O)[O-])c1. The fourth-order valence-corrected chi connectivity index (χ4v) is 2.22. The zero-order chi connectivity index (χ0) is 18.4. The number of benzene rings is 2. The summed E-state index contributed by atoms with van der Waals surface area (Å²) in [6.45, 7) is 1.30. The van der Waals surface area contributed by atoms with Gasteiger partial charge in [0.1, 0.15) is 0 Å². The van der Waals surface area contributed by atoms with E-state index in [2.05, 4.69) is 10.5 Å². The van der Waals surface area contributed by atoms with Crippen LogP contribution in [0.25, 0.3) is 0 Å². The molecule has 0 aromatic heterocycles. The maximum Gasteiger partial charge on any atom is 0.311 e. The number of nitro benzene ring substituents is 1. The van der Waals surface area contributed by atoms with Crippen molar-refractivity contribution in [3.63, 3.8) is 0 Å². The number of rotatable bonds is 6. The molecule has 25 heavy (non-hydrogen) atoms. The molecule has 0 aliphatic rings. The number of hydrogen-bond acceptors (Lipinski definition) is 5. The topological polar surface area (TPSA) is 93.8 Å². The van der Waals surface area contributed by atoms with Crippen LogP contribution in [0.3, 0.4) is 0 Å². The first-order valence-corrected chi connectivity index (χ1v) is 7.78. The molecule has 0 radical (unpaired) electrons. The minimum Gasteiger partial charge on any atom is -0.477 e. The van der Waals surface area contributed by atoms with Gasteiger partial charge >= 0.3 is 5.69 Å². The van der Waals surface area contributed by atoms with E-state index >= 15 is 0 Å². The van der Waals surface area contributed by atoms with Gasteiger partial charge in [-0.15, -0.1) is 0 Å². The van der Waals surface area contributed by atoms with E-state index in [1.54, 1.807) is 31.2 Å². The molecule has 7 nitrogen and oxygen atoms in total. The number of amides is 1.